The Hall–Kier alpha value is -2.73. The Morgan fingerprint density at radius 3 is 2.44 bits per heavy atom. The molecule has 0 aliphatic carbocycles. The summed E-state index contributed by atoms with van der Waals surface area (Å²) in [6, 6.07) is 4.11. The first-order valence-corrected chi connectivity index (χ1v) is 8.25. The Kier molecular flexibility index (Phi) is 3.69. The smallest absolute Gasteiger partial charge is 0.369 e. The van der Waals surface area contributed by atoms with E-state index in [-0.39, 0.29) is 16.4 Å². The molecule has 0 amide bonds. The van der Waals surface area contributed by atoms with Crippen LogP contribution < -0.4 is 10.9 Å². The number of sulfonamides is 1. The summed E-state index contributed by atoms with van der Waals surface area (Å²) in [4.78, 5) is 10.4. The minimum Gasteiger partial charge on any atom is -0.369 e. The van der Waals surface area contributed by atoms with Gasteiger partial charge in [-0.2, -0.15) is 23.1 Å². The largest absolute Gasteiger partial charge is 0.451 e. The maximum absolute atomic E-state index is 12.8. The summed E-state index contributed by atoms with van der Waals surface area (Å²) in [5.41, 5.74) is 6.73. The predicted octanol–water partition coefficient (Wildman–Crippen LogP) is 1.35. The van der Waals surface area contributed by atoms with E-state index in [1.807, 2.05) is 0 Å². The molecule has 0 aliphatic heterocycles. The SMILES string of the molecule is Cc1ccc(S(N)(=O)=O)cc1-c1cn2c(N)nc(C(F)(F)F)nc2n1. The molecule has 0 spiro atoms. The van der Waals surface area contributed by atoms with Crippen LogP contribution in [0, 0.1) is 6.92 Å². The van der Waals surface area contributed by atoms with E-state index in [2.05, 4.69) is 15.0 Å². The summed E-state index contributed by atoms with van der Waals surface area (Å²) in [6.45, 7) is 1.68. The molecule has 0 atom stereocenters. The third kappa shape index (κ3) is 3.13. The highest BCUT2D eigenvalue weighted by Gasteiger charge is 2.36. The molecule has 25 heavy (non-hydrogen) atoms. The summed E-state index contributed by atoms with van der Waals surface area (Å²) in [5.74, 6) is -2.17. The fourth-order valence-electron chi connectivity index (χ4n) is 2.21. The van der Waals surface area contributed by atoms with E-state index in [1.165, 1.54) is 24.4 Å². The van der Waals surface area contributed by atoms with Crippen molar-refractivity contribution in [1.82, 2.24) is 19.4 Å². The second kappa shape index (κ2) is 5.39. The number of nitrogens with two attached hydrogens (primary N) is 2. The van der Waals surface area contributed by atoms with Crippen molar-refractivity contribution in [2.75, 3.05) is 5.73 Å². The number of hydrogen-bond acceptors (Lipinski definition) is 6. The molecule has 132 valence electrons. The first kappa shape index (κ1) is 17.1. The average molecular weight is 372 g/mol. The van der Waals surface area contributed by atoms with Gasteiger partial charge in [0.1, 0.15) is 0 Å². The third-order valence-electron chi connectivity index (χ3n) is 3.43. The molecule has 0 radical (unpaired) electrons. The van der Waals surface area contributed by atoms with Crippen molar-refractivity contribution in [3.63, 3.8) is 0 Å². The summed E-state index contributed by atoms with van der Waals surface area (Å²) in [5, 5.41) is 5.10. The van der Waals surface area contributed by atoms with Crippen LogP contribution in [-0.4, -0.2) is 27.8 Å². The molecule has 3 rings (SSSR count). The van der Waals surface area contributed by atoms with E-state index >= 15 is 0 Å². The summed E-state index contributed by atoms with van der Waals surface area (Å²) in [7, 11) is -3.95. The molecule has 0 bridgehead atoms. The van der Waals surface area contributed by atoms with Crippen molar-refractivity contribution >= 4 is 21.7 Å². The van der Waals surface area contributed by atoms with Gasteiger partial charge in [-0.3, -0.25) is 4.40 Å². The molecule has 1 aromatic carbocycles. The topological polar surface area (TPSA) is 129 Å². The van der Waals surface area contributed by atoms with Gasteiger partial charge in [-0.05, 0) is 24.6 Å². The zero-order valence-electron chi connectivity index (χ0n) is 12.6. The molecule has 8 nitrogen and oxygen atoms in total. The van der Waals surface area contributed by atoms with E-state index in [9.17, 15) is 21.6 Å². The maximum atomic E-state index is 12.8. The van der Waals surface area contributed by atoms with Gasteiger partial charge >= 0.3 is 6.18 Å². The molecular weight excluding hydrogens is 361 g/mol. The number of halogens is 3. The van der Waals surface area contributed by atoms with Crippen LogP contribution in [0.15, 0.2) is 29.3 Å². The van der Waals surface area contributed by atoms with E-state index < -0.39 is 28.0 Å². The van der Waals surface area contributed by atoms with Crippen LogP contribution in [-0.2, 0) is 16.2 Å². The molecular formula is C13H11F3N6O2S. The van der Waals surface area contributed by atoms with Gasteiger partial charge in [0.15, 0.2) is 0 Å². The fourth-order valence-corrected chi connectivity index (χ4v) is 2.75. The second-order valence-electron chi connectivity index (χ2n) is 5.22. The number of rotatable bonds is 2. The van der Waals surface area contributed by atoms with E-state index in [0.717, 1.165) is 4.40 Å². The van der Waals surface area contributed by atoms with E-state index in [0.29, 0.717) is 11.1 Å². The van der Waals surface area contributed by atoms with Gasteiger partial charge in [-0.15, -0.1) is 0 Å². The first-order chi connectivity index (χ1) is 11.5. The number of nitrogen functional groups attached to an aromatic ring is 1. The Bertz CT molecular complexity index is 1090. The number of aryl methyl sites for hydroxylation is 1. The Labute approximate surface area is 139 Å². The van der Waals surface area contributed by atoms with Gasteiger partial charge in [0.25, 0.3) is 0 Å². The van der Waals surface area contributed by atoms with Crippen LogP contribution in [0.2, 0.25) is 0 Å². The lowest BCUT2D eigenvalue weighted by Gasteiger charge is -2.05. The highest BCUT2D eigenvalue weighted by molar-refractivity contribution is 7.89. The molecule has 0 unspecified atom stereocenters. The van der Waals surface area contributed by atoms with Crippen molar-refractivity contribution in [3.8, 4) is 11.3 Å². The standard InChI is InChI=1S/C13H11F3N6O2S/c1-6-2-3-7(25(18,23)24)4-8(6)9-5-22-11(17)20-10(13(14,15)16)21-12(22)19-9/h2-5H,1H3,(H2,18,23,24)(H2,17,19,20,21). The number of fused-ring (bicyclic) bond motifs is 1. The molecule has 2 aromatic heterocycles. The van der Waals surface area contributed by atoms with Crippen LogP contribution >= 0.6 is 0 Å². The molecule has 12 heteroatoms. The molecule has 4 N–H and O–H groups in total. The Morgan fingerprint density at radius 1 is 1.16 bits per heavy atom. The minimum atomic E-state index is -4.77. The number of aromatic nitrogens is 4. The van der Waals surface area contributed by atoms with E-state index in [4.69, 9.17) is 10.9 Å². The lowest BCUT2D eigenvalue weighted by atomic mass is 10.1. The van der Waals surface area contributed by atoms with Gasteiger partial charge < -0.3 is 5.73 Å². The normalized spacial score (nSPS) is 12.7. The van der Waals surface area contributed by atoms with Crippen molar-refractivity contribution in [2.24, 2.45) is 5.14 Å². The van der Waals surface area contributed by atoms with Crippen LogP contribution in [0.1, 0.15) is 11.4 Å². The Balaban J connectivity index is 2.23. The van der Waals surface area contributed by atoms with Gasteiger partial charge in [-0.25, -0.2) is 18.5 Å². The molecule has 0 saturated heterocycles. The highest BCUT2D eigenvalue weighted by Crippen LogP contribution is 2.29. The van der Waals surface area contributed by atoms with E-state index in [1.54, 1.807) is 6.92 Å². The molecule has 3 aromatic rings. The average Bonchev–Trinajstić information content (AvgIpc) is 2.90. The van der Waals surface area contributed by atoms with Gasteiger partial charge in [0.05, 0.1) is 10.6 Å². The van der Waals surface area contributed by atoms with Crippen molar-refractivity contribution < 1.29 is 21.6 Å². The van der Waals surface area contributed by atoms with Gasteiger partial charge in [0.2, 0.25) is 27.6 Å². The Morgan fingerprint density at radius 2 is 1.84 bits per heavy atom. The monoisotopic (exact) mass is 372 g/mol. The van der Waals surface area contributed by atoms with Crippen molar-refractivity contribution in [3.05, 3.63) is 35.8 Å². The van der Waals surface area contributed by atoms with Crippen LogP contribution in [0.5, 0.6) is 0 Å². The zero-order chi connectivity index (χ0) is 18.6. The quantitative estimate of drug-likeness (QED) is 0.698. The summed E-state index contributed by atoms with van der Waals surface area (Å²) < 4.78 is 62.4. The van der Waals surface area contributed by atoms with Crippen LogP contribution in [0.25, 0.3) is 17.0 Å². The van der Waals surface area contributed by atoms with Crippen LogP contribution in [0.4, 0.5) is 19.1 Å². The predicted molar refractivity (Wildman–Crippen MR) is 81.7 cm³/mol. The number of benzene rings is 1. The first-order valence-electron chi connectivity index (χ1n) is 6.70. The molecule has 0 fully saturated rings. The molecule has 0 aliphatic rings. The number of nitrogens with zero attached hydrogens (tertiary/aromatic N) is 4. The second-order valence-corrected chi connectivity index (χ2v) is 6.78. The number of hydrogen-bond donors (Lipinski definition) is 2. The number of alkyl halides is 3. The lowest BCUT2D eigenvalue weighted by Crippen LogP contribution is -2.15. The highest BCUT2D eigenvalue weighted by atomic mass is 32.2. The summed E-state index contributed by atoms with van der Waals surface area (Å²) in [6.07, 6.45) is -3.45. The third-order valence-corrected chi connectivity index (χ3v) is 4.34. The number of anilines is 1. The zero-order valence-corrected chi connectivity index (χ0v) is 13.4. The van der Waals surface area contributed by atoms with Gasteiger partial charge in [-0.1, -0.05) is 6.07 Å². The van der Waals surface area contributed by atoms with Crippen LogP contribution in [0.3, 0.4) is 0 Å². The summed E-state index contributed by atoms with van der Waals surface area (Å²) >= 11 is 0. The molecule has 0 saturated carbocycles. The van der Waals surface area contributed by atoms with Crippen molar-refractivity contribution in [1.29, 1.82) is 0 Å². The van der Waals surface area contributed by atoms with Crippen molar-refractivity contribution in [2.45, 2.75) is 18.0 Å². The maximum Gasteiger partial charge on any atom is 0.451 e. The lowest BCUT2D eigenvalue weighted by molar-refractivity contribution is -0.144. The van der Waals surface area contributed by atoms with Gasteiger partial charge in [0, 0.05) is 11.8 Å². The number of primary sulfonamides is 1. The fraction of sp³-hybridized carbons (Fsp3) is 0.154. The minimum absolute atomic E-state index is 0.153. The molecule has 2 heterocycles. The number of imidazole rings is 1.